The first-order valence-electron chi connectivity index (χ1n) is 4.22. The molecule has 1 aromatic rings. The number of aromatic nitrogens is 1. The molecule has 0 spiro atoms. The second kappa shape index (κ2) is 5.56. The van der Waals surface area contributed by atoms with Crippen molar-refractivity contribution >= 4 is 22.4 Å². The number of methoxy groups -OCH3 is 1. The molecular weight excluding hydrogens is 202 g/mol. The van der Waals surface area contributed by atoms with Crippen molar-refractivity contribution in [3.8, 4) is 0 Å². The normalized spacial score (nSPS) is 10.1. The predicted octanol–water partition coefficient (Wildman–Crippen LogP) is 0.492. The minimum Gasteiger partial charge on any atom is -0.385 e. The van der Waals surface area contributed by atoms with Crippen LogP contribution in [0.15, 0.2) is 6.20 Å². The van der Waals surface area contributed by atoms with E-state index in [2.05, 4.69) is 10.3 Å². The summed E-state index contributed by atoms with van der Waals surface area (Å²) in [6.07, 6.45) is 2.28. The summed E-state index contributed by atoms with van der Waals surface area (Å²) < 4.78 is 4.85. The summed E-state index contributed by atoms with van der Waals surface area (Å²) in [4.78, 5) is 15.7. The van der Waals surface area contributed by atoms with Crippen LogP contribution in [0.25, 0.3) is 0 Å². The lowest BCUT2D eigenvalue weighted by Gasteiger charge is -2.01. The van der Waals surface area contributed by atoms with Gasteiger partial charge in [-0.1, -0.05) is 11.3 Å². The Labute approximate surface area is 86.3 Å². The Bertz CT molecular complexity index is 301. The maximum absolute atomic E-state index is 11.4. The summed E-state index contributed by atoms with van der Waals surface area (Å²) in [5.41, 5.74) is 5.40. The molecule has 0 bridgehead atoms. The van der Waals surface area contributed by atoms with Crippen LogP contribution in [0.5, 0.6) is 0 Å². The highest BCUT2D eigenvalue weighted by molar-refractivity contribution is 7.17. The van der Waals surface area contributed by atoms with Gasteiger partial charge in [-0.2, -0.15) is 0 Å². The second-order valence-electron chi connectivity index (χ2n) is 2.67. The first kappa shape index (κ1) is 10.9. The second-order valence-corrected chi connectivity index (χ2v) is 3.73. The van der Waals surface area contributed by atoms with Gasteiger partial charge in [0.2, 0.25) is 0 Å². The highest BCUT2D eigenvalue weighted by Gasteiger charge is 2.07. The van der Waals surface area contributed by atoms with E-state index in [4.69, 9.17) is 10.5 Å². The van der Waals surface area contributed by atoms with Crippen molar-refractivity contribution in [1.29, 1.82) is 0 Å². The molecule has 5 nitrogen and oxygen atoms in total. The van der Waals surface area contributed by atoms with E-state index in [1.807, 2.05) is 0 Å². The molecule has 0 unspecified atom stereocenters. The van der Waals surface area contributed by atoms with Crippen molar-refractivity contribution in [2.24, 2.45) is 0 Å². The van der Waals surface area contributed by atoms with Crippen LogP contribution in [0.1, 0.15) is 16.1 Å². The Balaban J connectivity index is 2.29. The predicted molar refractivity (Wildman–Crippen MR) is 55.4 cm³/mol. The van der Waals surface area contributed by atoms with Crippen LogP contribution in [0, 0.1) is 0 Å². The third-order valence-electron chi connectivity index (χ3n) is 1.56. The Morgan fingerprint density at radius 2 is 2.57 bits per heavy atom. The number of amides is 1. The minimum absolute atomic E-state index is 0.129. The lowest BCUT2D eigenvalue weighted by atomic mass is 10.4. The first-order valence-corrected chi connectivity index (χ1v) is 5.04. The van der Waals surface area contributed by atoms with Gasteiger partial charge in [0.15, 0.2) is 5.13 Å². The fraction of sp³-hybridized carbons (Fsp3) is 0.500. The van der Waals surface area contributed by atoms with Gasteiger partial charge in [0.05, 0.1) is 6.20 Å². The zero-order valence-electron chi connectivity index (χ0n) is 7.95. The SMILES string of the molecule is COCCCNC(=O)c1cnc(N)s1. The van der Waals surface area contributed by atoms with E-state index in [1.54, 1.807) is 7.11 Å². The van der Waals surface area contributed by atoms with Crippen molar-refractivity contribution in [2.75, 3.05) is 26.0 Å². The van der Waals surface area contributed by atoms with E-state index in [1.165, 1.54) is 17.5 Å². The molecule has 0 radical (unpaired) electrons. The fourth-order valence-corrected chi connectivity index (χ4v) is 1.50. The molecule has 0 saturated heterocycles. The molecule has 1 heterocycles. The van der Waals surface area contributed by atoms with Gasteiger partial charge >= 0.3 is 0 Å². The number of nitrogens with zero attached hydrogens (tertiary/aromatic N) is 1. The van der Waals surface area contributed by atoms with Crippen molar-refractivity contribution in [2.45, 2.75) is 6.42 Å². The third-order valence-corrected chi connectivity index (χ3v) is 2.38. The zero-order chi connectivity index (χ0) is 10.4. The van der Waals surface area contributed by atoms with Crippen molar-refractivity contribution in [1.82, 2.24) is 10.3 Å². The van der Waals surface area contributed by atoms with Crippen LogP contribution < -0.4 is 11.1 Å². The summed E-state index contributed by atoms with van der Waals surface area (Å²) in [5, 5.41) is 3.15. The van der Waals surface area contributed by atoms with Gasteiger partial charge in [-0.25, -0.2) is 4.98 Å². The molecule has 0 atom stereocenters. The molecular formula is C8H13N3O2S. The molecule has 1 rings (SSSR count). The van der Waals surface area contributed by atoms with Gasteiger partial charge in [0.1, 0.15) is 4.88 Å². The number of nitrogens with one attached hydrogen (secondary N) is 1. The lowest BCUT2D eigenvalue weighted by molar-refractivity contribution is 0.0952. The summed E-state index contributed by atoms with van der Waals surface area (Å²) in [6.45, 7) is 1.25. The minimum atomic E-state index is -0.129. The maximum atomic E-state index is 11.4. The quantitative estimate of drug-likeness (QED) is 0.701. The average molecular weight is 215 g/mol. The summed E-state index contributed by atoms with van der Waals surface area (Å²) in [6, 6.07) is 0. The van der Waals surface area contributed by atoms with Crippen LogP contribution in [0.2, 0.25) is 0 Å². The molecule has 0 aliphatic carbocycles. The van der Waals surface area contributed by atoms with Gasteiger partial charge in [-0.05, 0) is 6.42 Å². The maximum Gasteiger partial charge on any atom is 0.263 e. The molecule has 0 saturated carbocycles. The van der Waals surface area contributed by atoms with Crippen molar-refractivity contribution < 1.29 is 9.53 Å². The first-order chi connectivity index (χ1) is 6.74. The number of nitrogen functional groups attached to an aromatic ring is 1. The summed E-state index contributed by atoms with van der Waals surface area (Å²) >= 11 is 1.18. The fourth-order valence-electron chi connectivity index (χ4n) is 0.898. The van der Waals surface area contributed by atoms with E-state index in [9.17, 15) is 4.79 Å². The molecule has 78 valence electrons. The molecule has 3 N–H and O–H groups in total. The number of carbonyl (C=O) groups is 1. The Morgan fingerprint density at radius 1 is 1.79 bits per heavy atom. The van der Waals surface area contributed by atoms with Gasteiger partial charge in [0, 0.05) is 20.3 Å². The van der Waals surface area contributed by atoms with E-state index in [-0.39, 0.29) is 5.91 Å². The number of carbonyl (C=O) groups excluding carboxylic acids is 1. The van der Waals surface area contributed by atoms with Gasteiger partial charge < -0.3 is 15.8 Å². The highest BCUT2D eigenvalue weighted by Crippen LogP contribution is 2.13. The number of thiazole rings is 1. The number of nitrogens with two attached hydrogens (primary N) is 1. The third kappa shape index (κ3) is 3.31. The Hall–Kier alpha value is -1.14. The van der Waals surface area contributed by atoms with Gasteiger partial charge in [-0.15, -0.1) is 0 Å². The number of hydrogen-bond donors (Lipinski definition) is 2. The topological polar surface area (TPSA) is 77.2 Å². The largest absolute Gasteiger partial charge is 0.385 e. The number of ether oxygens (including phenoxy) is 1. The lowest BCUT2D eigenvalue weighted by Crippen LogP contribution is -2.24. The number of rotatable bonds is 5. The number of anilines is 1. The smallest absolute Gasteiger partial charge is 0.263 e. The summed E-state index contributed by atoms with van der Waals surface area (Å²) in [7, 11) is 1.63. The van der Waals surface area contributed by atoms with Crippen LogP contribution in [0.3, 0.4) is 0 Å². The Morgan fingerprint density at radius 3 is 3.14 bits per heavy atom. The van der Waals surface area contributed by atoms with Gasteiger partial charge in [-0.3, -0.25) is 4.79 Å². The molecule has 6 heteroatoms. The van der Waals surface area contributed by atoms with E-state index < -0.39 is 0 Å². The monoisotopic (exact) mass is 215 g/mol. The molecule has 0 aliphatic heterocycles. The van der Waals surface area contributed by atoms with Crippen molar-refractivity contribution in [3.63, 3.8) is 0 Å². The van der Waals surface area contributed by atoms with Crippen LogP contribution in [-0.4, -0.2) is 31.2 Å². The van der Waals surface area contributed by atoms with Crippen LogP contribution in [-0.2, 0) is 4.74 Å². The van der Waals surface area contributed by atoms with E-state index in [0.717, 1.165) is 6.42 Å². The number of hydrogen-bond acceptors (Lipinski definition) is 5. The van der Waals surface area contributed by atoms with Crippen LogP contribution in [0.4, 0.5) is 5.13 Å². The molecule has 1 aromatic heterocycles. The standard InChI is InChI=1S/C8H13N3O2S/c1-13-4-2-3-10-7(12)6-5-11-8(9)14-6/h5H,2-4H2,1H3,(H2,9,11)(H,10,12). The highest BCUT2D eigenvalue weighted by atomic mass is 32.1. The van der Waals surface area contributed by atoms with Gasteiger partial charge in [0.25, 0.3) is 5.91 Å². The summed E-state index contributed by atoms with van der Waals surface area (Å²) in [5.74, 6) is -0.129. The Kier molecular flexibility index (Phi) is 4.34. The zero-order valence-corrected chi connectivity index (χ0v) is 8.76. The molecule has 0 aromatic carbocycles. The molecule has 14 heavy (non-hydrogen) atoms. The van der Waals surface area contributed by atoms with Crippen molar-refractivity contribution in [3.05, 3.63) is 11.1 Å². The van der Waals surface area contributed by atoms with E-state index in [0.29, 0.717) is 23.2 Å². The molecule has 0 fully saturated rings. The molecule has 0 aliphatic rings. The van der Waals surface area contributed by atoms with E-state index >= 15 is 0 Å². The van der Waals surface area contributed by atoms with Crippen LogP contribution >= 0.6 is 11.3 Å². The molecule has 1 amide bonds. The average Bonchev–Trinajstić information content (AvgIpc) is 2.59.